The standard InChI is InChI=1S/C18H10F6S/c19-13-6-11(7-14(20)17(13)23)25(10-4-2-1-3-5-10)12-8-15(21)18(24)16(22)9-12/h1-9,25H. The second kappa shape index (κ2) is 6.84. The van der Waals surface area contributed by atoms with E-state index in [1.54, 1.807) is 30.3 Å². The molecule has 130 valence electrons. The van der Waals surface area contributed by atoms with Gasteiger partial charge in [-0.25, -0.2) is 26.3 Å². The first kappa shape index (κ1) is 17.4. The van der Waals surface area contributed by atoms with Gasteiger partial charge in [0.25, 0.3) is 0 Å². The first-order valence-electron chi connectivity index (χ1n) is 7.02. The van der Waals surface area contributed by atoms with Crippen LogP contribution in [-0.4, -0.2) is 0 Å². The van der Waals surface area contributed by atoms with Crippen LogP contribution in [0.15, 0.2) is 69.3 Å². The Hall–Kier alpha value is -2.41. The molecule has 3 aromatic rings. The van der Waals surface area contributed by atoms with Gasteiger partial charge < -0.3 is 0 Å². The third-order valence-corrected chi connectivity index (χ3v) is 5.83. The van der Waals surface area contributed by atoms with Crippen molar-refractivity contribution in [3.8, 4) is 0 Å². The lowest BCUT2D eigenvalue weighted by Crippen LogP contribution is -1.98. The molecule has 0 aliphatic carbocycles. The minimum Gasteiger partial charge on any atom is -0.204 e. The molecule has 0 nitrogen and oxygen atoms in total. The van der Waals surface area contributed by atoms with E-state index in [9.17, 15) is 26.3 Å². The van der Waals surface area contributed by atoms with E-state index in [0.29, 0.717) is 4.90 Å². The van der Waals surface area contributed by atoms with Crippen molar-refractivity contribution < 1.29 is 26.3 Å². The molecule has 3 rings (SSSR count). The van der Waals surface area contributed by atoms with Crippen LogP contribution in [0.2, 0.25) is 0 Å². The number of hydrogen-bond donors (Lipinski definition) is 1. The Kier molecular flexibility index (Phi) is 4.76. The van der Waals surface area contributed by atoms with E-state index < -0.39 is 45.8 Å². The fourth-order valence-electron chi connectivity index (χ4n) is 2.37. The minimum absolute atomic E-state index is 0.00279. The molecule has 0 amide bonds. The van der Waals surface area contributed by atoms with Crippen LogP contribution in [0, 0.1) is 34.9 Å². The van der Waals surface area contributed by atoms with Crippen molar-refractivity contribution in [3.63, 3.8) is 0 Å². The molecule has 3 aromatic carbocycles. The van der Waals surface area contributed by atoms with Crippen LogP contribution in [0.4, 0.5) is 26.3 Å². The fraction of sp³-hybridized carbons (Fsp3) is 0. The molecule has 0 saturated carbocycles. The molecule has 0 aliphatic rings. The Morgan fingerprint density at radius 2 is 0.840 bits per heavy atom. The summed E-state index contributed by atoms with van der Waals surface area (Å²) >= 11 is 0. The third kappa shape index (κ3) is 3.37. The van der Waals surface area contributed by atoms with Gasteiger partial charge >= 0.3 is 0 Å². The van der Waals surface area contributed by atoms with Gasteiger partial charge in [0.15, 0.2) is 34.9 Å². The van der Waals surface area contributed by atoms with Gasteiger partial charge in [-0.15, -0.1) is 0 Å². The van der Waals surface area contributed by atoms with Crippen LogP contribution >= 0.6 is 10.9 Å². The van der Waals surface area contributed by atoms with Crippen molar-refractivity contribution in [2.75, 3.05) is 0 Å². The molecular formula is C18H10F6S. The van der Waals surface area contributed by atoms with Crippen molar-refractivity contribution in [1.29, 1.82) is 0 Å². The number of benzene rings is 3. The van der Waals surface area contributed by atoms with Crippen molar-refractivity contribution >= 4 is 10.9 Å². The monoisotopic (exact) mass is 372 g/mol. The summed E-state index contributed by atoms with van der Waals surface area (Å²) < 4.78 is 81.1. The molecule has 0 aliphatic heterocycles. The predicted molar refractivity (Wildman–Crippen MR) is 82.9 cm³/mol. The predicted octanol–water partition coefficient (Wildman–Crippen LogP) is 6.00. The zero-order valence-electron chi connectivity index (χ0n) is 12.4. The van der Waals surface area contributed by atoms with E-state index in [-0.39, 0.29) is 9.79 Å². The Morgan fingerprint density at radius 3 is 1.20 bits per heavy atom. The highest BCUT2D eigenvalue weighted by Crippen LogP contribution is 2.52. The molecule has 0 aromatic heterocycles. The Balaban J connectivity index is 2.25. The summed E-state index contributed by atoms with van der Waals surface area (Å²) in [6.45, 7) is 0. The quantitative estimate of drug-likeness (QED) is 0.325. The van der Waals surface area contributed by atoms with E-state index >= 15 is 0 Å². The molecule has 0 fully saturated rings. The average Bonchev–Trinajstić information content (AvgIpc) is 2.58. The summed E-state index contributed by atoms with van der Waals surface area (Å²) in [7, 11) is -1.83. The zero-order chi connectivity index (χ0) is 18.1. The van der Waals surface area contributed by atoms with Crippen LogP contribution in [-0.2, 0) is 0 Å². The van der Waals surface area contributed by atoms with Crippen molar-refractivity contribution in [2.24, 2.45) is 0 Å². The Bertz CT molecular complexity index is 823. The van der Waals surface area contributed by atoms with Crippen molar-refractivity contribution in [2.45, 2.75) is 14.7 Å². The minimum atomic E-state index is -1.83. The summed E-state index contributed by atoms with van der Waals surface area (Å²) in [6, 6.07) is 11.3. The normalized spacial score (nSPS) is 11.5. The van der Waals surface area contributed by atoms with Gasteiger partial charge in [0.2, 0.25) is 0 Å². The van der Waals surface area contributed by atoms with Gasteiger partial charge in [-0.1, -0.05) is 18.2 Å². The topological polar surface area (TPSA) is 0 Å². The van der Waals surface area contributed by atoms with Crippen LogP contribution in [0.25, 0.3) is 0 Å². The first-order chi connectivity index (χ1) is 11.9. The molecule has 7 heteroatoms. The number of hydrogen-bond acceptors (Lipinski definition) is 0. The van der Waals surface area contributed by atoms with Crippen molar-refractivity contribution in [3.05, 3.63) is 89.5 Å². The second-order valence-corrected chi connectivity index (χ2v) is 7.34. The van der Waals surface area contributed by atoms with Crippen LogP contribution in [0.3, 0.4) is 0 Å². The first-order valence-corrected chi connectivity index (χ1v) is 8.37. The van der Waals surface area contributed by atoms with Gasteiger partial charge in [0, 0.05) is 9.79 Å². The summed E-state index contributed by atoms with van der Waals surface area (Å²) in [5, 5.41) is 0. The second-order valence-electron chi connectivity index (χ2n) is 5.12. The lowest BCUT2D eigenvalue weighted by molar-refractivity contribution is 0.442. The molecule has 0 spiro atoms. The van der Waals surface area contributed by atoms with E-state index in [0.717, 1.165) is 24.3 Å². The Morgan fingerprint density at radius 1 is 0.480 bits per heavy atom. The molecule has 0 N–H and O–H groups in total. The van der Waals surface area contributed by atoms with Gasteiger partial charge in [0.1, 0.15) is 0 Å². The van der Waals surface area contributed by atoms with E-state index in [2.05, 4.69) is 0 Å². The largest absolute Gasteiger partial charge is 0.204 e. The van der Waals surface area contributed by atoms with E-state index in [4.69, 9.17) is 0 Å². The maximum atomic E-state index is 13.6. The summed E-state index contributed by atoms with van der Waals surface area (Å²) in [4.78, 5) is 0.513. The highest BCUT2D eigenvalue weighted by molar-refractivity contribution is 8.17. The van der Waals surface area contributed by atoms with Crippen LogP contribution < -0.4 is 0 Å². The lowest BCUT2D eigenvalue weighted by Gasteiger charge is -2.23. The summed E-state index contributed by atoms with van der Waals surface area (Å²) in [5.74, 6) is -8.93. The van der Waals surface area contributed by atoms with Gasteiger partial charge in [0.05, 0.1) is 0 Å². The lowest BCUT2D eigenvalue weighted by atomic mass is 10.3. The molecule has 0 atom stereocenters. The number of rotatable bonds is 3. The van der Waals surface area contributed by atoms with Gasteiger partial charge in [-0.05, 0) is 41.3 Å². The molecule has 0 unspecified atom stereocenters. The molecule has 0 bridgehead atoms. The molecule has 0 saturated heterocycles. The highest BCUT2D eigenvalue weighted by Gasteiger charge is 2.21. The summed E-state index contributed by atoms with van der Waals surface area (Å²) in [6.07, 6.45) is 0. The maximum absolute atomic E-state index is 13.6. The van der Waals surface area contributed by atoms with Gasteiger partial charge in [-0.3, -0.25) is 0 Å². The molecular weight excluding hydrogens is 362 g/mol. The van der Waals surface area contributed by atoms with Crippen LogP contribution in [0.5, 0.6) is 0 Å². The van der Waals surface area contributed by atoms with Gasteiger partial charge in [-0.2, -0.15) is 10.9 Å². The molecule has 0 heterocycles. The SMILES string of the molecule is Fc1cc([SH](c2ccccc2)c2cc(F)c(F)c(F)c2)cc(F)c1F. The zero-order valence-corrected chi connectivity index (χ0v) is 13.3. The summed E-state index contributed by atoms with van der Waals surface area (Å²) in [5.41, 5.74) is 0. The van der Waals surface area contributed by atoms with Crippen LogP contribution in [0.1, 0.15) is 0 Å². The fourth-order valence-corrected chi connectivity index (χ4v) is 4.70. The van der Waals surface area contributed by atoms with E-state index in [1.807, 2.05) is 0 Å². The highest BCUT2D eigenvalue weighted by atomic mass is 32.2. The van der Waals surface area contributed by atoms with E-state index in [1.165, 1.54) is 0 Å². The maximum Gasteiger partial charge on any atom is 0.194 e. The molecule has 0 radical (unpaired) electrons. The smallest absolute Gasteiger partial charge is 0.194 e. The van der Waals surface area contributed by atoms with Crippen molar-refractivity contribution in [1.82, 2.24) is 0 Å². The third-order valence-electron chi connectivity index (χ3n) is 3.47. The molecule has 25 heavy (non-hydrogen) atoms. The number of halogens is 6. The number of thiol groups is 1. The Labute approximate surface area is 142 Å². The average molecular weight is 372 g/mol.